The monoisotopic (exact) mass is 774 g/mol. The van der Waals surface area contributed by atoms with Crippen molar-refractivity contribution in [3.8, 4) is 55.6 Å². The maximum Gasteiger partial charge on any atom is 0.333 e. The molecule has 2 aliphatic heterocycles. The Labute approximate surface area is 357 Å². The summed E-state index contributed by atoms with van der Waals surface area (Å²) in [7, 11) is 0. The maximum atomic E-state index is 2.61. The van der Waals surface area contributed by atoms with Crippen LogP contribution >= 0.6 is 0 Å². The van der Waals surface area contributed by atoms with Gasteiger partial charge in [0.15, 0.2) is 0 Å². The molecule has 12 rings (SSSR count). The van der Waals surface area contributed by atoms with Gasteiger partial charge in [-0.1, -0.05) is 188 Å². The molecule has 0 spiro atoms. The SMILES string of the molecule is c1ccc(-c2ccc(N3B4c5cc(-c6ccccc6)ccc5N(c5ccc(-c6ccccc6)cc5)c5cc6ccccc6c(c54)-c4cc(-c5ccccc5)ccc43)cc2)cc1. The van der Waals surface area contributed by atoms with Gasteiger partial charge >= 0.3 is 6.85 Å². The summed E-state index contributed by atoms with van der Waals surface area (Å²) in [4.78, 5) is 5.13. The van der Waals surface area contributed by atoms with Crippen LogP contribution in [0.1, 0.15) is 0 Å². The normalized spacial score (nSPS) is 12.5. The predicted molar refractivity (Wildman–Crippen MR) is 259 cm³/mol. The zero-order valence-corrected chi connectivity index (χ0v) is 33.5. The van der Waals surface area contributed by atoms with Crippen molar-refractivity contribution in [2.75, 3.05) is 9.71 Å². The van der Waals surface area contributed by atoms with Gasteiger partial charge in [-0.25, -0.2) is 0 Å². The topological polar surface area (TPSA) is 6.48 Å². The van der Waals surface area contributed by atoms with Gasteiger partial charge in [0.1, 0.15) is 0 Å². The van der Waals surface area contributed by atoms with Crippen molar-refractivity contribution in [2.45, 2.75) is 0 Å². The van der Waals surface area contributed by atoms with Crippen LogP contribution in [0.2, 0.25) is 0 Å². The molecule has 284 valence electrons. The number of anilines is 5. The molecule has 0 saturated heterocycles. The van der Waals surface area contributed by atoms with E-state index in [1.54, 1.807) is 0 Å². The fourth-order valence-corrected chi connectivity index (χ4v) is 9.78. The van der Waals surface area contributed by atoms with Crippen LogP contribution in [0.5, 0.6) is 0 Å². The first-order valence-corrected chi connectivity index (χ1v) is 21.1. The van der Waals surface area contributed by atoms with E-state index in [2.05, 4.69) is 246 Å². The van der Waals surface area contributed by atoms with Crippen molar-refractivity contribution in [1.29, 1.82) is 0 Å². The smallest absolute Gasteiger partial charge is 0.333 e. The van der Waals surface area contributed by atoms with Crippen LogP contribution in [0.4, 0.5) is 28.4 Å². The number of benzene rings is 10. The Morgan fingerprint density at radius 3 is 1.33 bits per heavy atom. The summed E-state index contributed by atoms with van der Waals surface area (Å²) < 4.78 is 0. The third kappa shape index (κ3) is 5.89. The van der Waals surface area contributed by atoms with Gasteiger partial charge in [0.05, 0.1) is 0 Å². The maximum absolute atomic E-state index is 2.61. The Morgan fingerprint density at radius 1 is 0.311 bits per heavy atom. The lowest BCUT2D eigenvalue weighted by molar-refractivity contribution is 1.28. The molecule has 0 amide bonds. The zero-order valence-electron chi connectivity index (χ0n) is 33.5. The van der Waals surface area contributed by atoms with Crippen molar-refractivity contribution in [3.05, 3.63) is 237 Å². The zero-order chi connectivity index (χ0) is 40.3. The van der Waals surface area contributed by atoms with Crippen LogP contribution in [0.3, 0.4) is 0 Å². The molecule has 0 aromatic heterocycles. The lowest BCUT2D eigenvalue weighted by Gasteiger charge is -2.46. The number of fused-ring (bicyclic) bond motifs is 6. The van der Waals surface area contributed by atoms with Crippen molar-refractivity contribution in [1.82, 2.24) is 0 Å². The molecule has 0 N–H and O–H groups in total. The summed E-state index contributed by atoms with van der Waals surface area (Å²) in [5.74, 6) is 0. The lowest BCUT2D eigenvalue weighted by Crippen LogP contribution is -2.61. The number of nitrogens with zero attached hydrogens (tertiary/aromatic N) is 2. The molecule has 3 heteroatoms. The quantitative estimate of drug-likeness (QED) is 0.155. The minimum absolute atomic E-state index is 0.120. The van der Waals surface area contributed by atoms with E-state index in [0.717, 1.165) is 11.4 Å². The van der Waals surface area contributed by atoms with Crippen LogP contribution in [-0.4, -0.2) is 6.85 Å². The molecule has 0 saturated carbocycles. The molecule has 2 nitrogen and oxygen atoms in total. The summed E-state index contributed by atoms with van der Waals surface area (Å²) in [6.45, 7) is -0.120. The highest BCUT2D eigenvalue weighted by Gasteiger charge is 2.46. The van der Waals surface area contributed by atoms with Crippen LogP contribution in [-0.2, 0) is 0 Å². The van der Waals surface area contributed by atoms with E-state index in [4.69, 9.17) is 0 Å². The highest BCUT2D eigenvalue weighted by Crippen LogP contribution is 2.50. The fraction of sp³-hybridized carbons (Fsp3) is 0. The van der Waals surface area contributed by atoms with Gasteiger partial charge in [0.25, 0.3) is 0 Å². The first kappa shape index (κ1) is 35.1. The van der Waals surface area contributed by atoms with Gasteiger partial charge in [-0.2, -0.15) is 0 Å². The molecule has 10 aromatic rings. The molecule has 0 atom stereocenters. The molecule has 0 bridgehead atoms. The Bertz CT molecular complexity index is 3220. The van der Waals surface area contributed by atoms with Crippen molar-refractivity contribution in [3.63, 3.8) is 0 Å². The number of hydrogen-bond donors (Lipinski definition) is 0. The standard InChI is InChI=1S/C58H39BN2/c1-5-15-40(16-6-1)44-25-31-49(32-26-44)60-55-36-30-47(43-21-11-4-12-22-43)38-53(55)59-58-56(60)39-48-23-13-14-24-51(48)57(58)52-37-46(42-19-9-3-10-20-42)29-35-54(52)61(59)50-33-27-45(28-34-50)41-17-7-2-8-18-41/h1-39H. The predicted octanol–water partition coefficient (Wildman–Crippen LogP) is 14.2. The van der Waals surface area contributed by atoms with Crippen LogP contribution in [0, 0.1) is 0 Å². The second-order valence-electron chi connectivity index (χ2n) is 16.1. The average Bonchev–Trinajstić information content (AvgIpc) is 3.35. The Morgan fingerprint density at radius 2 is 0.754 bits per heavy atom. The minimum Gasteiger partial charge on any atom is -0.376 e. The van der Waals surface area contributed by atoms with E-state index in [1.807, 2.05) is 0 Å². The average molecular weight is 775 g/mol. The third-order valence-corrected chi connectivity index (χ3v) is 12.6. The van der Waals surface area contributed by atoms with Crippen molar-refractivity contribution in [2.24, 2.45) is 0 Å². The molecule has 61 heavy (non-hydrogen) atoms. The second kappa shape index (κ2) is 14.4. The summed E-state index contributed by atoms with van der Waals surface area (Å²) in [5, 5.41) is 2.49. The first-order valence-electron chi connectivity index (χ1n) is 21.1. The number of rotatable bonds is 6. The van der Waals surface area contributed by atoms with Crippen LogP contribution in [0.25, 0.3) is 66.4 Å². The van der Waals surface area contributed by atoms with Crippen LogP contribution in [0.15, 0.2) is 237 Å². The Kier molecular flexibility index (Phi) is 8.31. The van der Waals surface area contributed by atoms with Gasteiger partial charge in [-0.15, -0.1) is 0 Å². The molecular formula is C58H39BN2. The number of hydrogen-bond acceptors (Lipinski definition) is 2. The van der Waals surface area contributed by atoms with Gasteiger partial charge in [-0.3, -0.25) is 0 Å². The summed E-state index contributed by atoms with van der Waals surface area (Å²) >= 11 is 0. The summed E-state index contributed by atoms with van der Waals surface area (Å²) in [6.07, 6.45) is 0. The largest absolute Gasteiger partial charge is 0.376 e. The van der Waals surface area contributed by atoms with Crippen molar-refractivity contribution >= 4 is 57.0 Å². The molecule has 0 radical (unpaired) electrons. The van der Waals surface area contributed by atoms with Gasteiger partial charge < -0.3 is 9.71 Å². The molecular weight excluding hydrogens is 735 g/mol. The van der Waals surface area contributed by atoms with E-state index < -0.39 is 0 Å². The lowest BCUT2D eigenvalue weighted by atomic mass is 9.43. The second-order valence-corrected chi connectivity index (χ2v) is 16.1. The van der Waals surface area contributed by atoms with Crippen molar-refractivity contribution < 1.29 is 0 Å². The molecule has 0 unspecified atom stereocenters. The Hall–Kier alpha value is -7.88. The molecule has 2 heterocycles. The summed E-state index contributed by atoms with van der Waals surface area (Å²) in [5.41, 5.74) is 20.6. The third-order valence-electron chi connectivity index (χ3n) is 12.6. The Balaban J connectivity index is 1.16. The molecule has 0 fully saturated rings. The van der Waals surface area contributed by atoms with Gasteiger partial charge in [0, 0.05) is 34.0 Å². The molecule has 0 aliphatic carbocycles. The van der Waals surface area contributed by atoms with Crippen LogP contribution < -0.4 is 20.6 Å². The molecule has 2 aliphatic rings. The van der Waals surface area contributed by atoms with E-state index in [9.17, 15) is 0 Å². The van der Waals surface area contributed by atoms with E-state index >= 15 is 0 Å². The molecule has 10 aromatic carbocycles. The van der Waals surface area contributed by atoms with E-state index in [0.29, 0.717) is 0 Å². The van der Waals surface area contributed by atoms with Gasteiger partial charge in [0.2, 0.25) is 0 Å². The van der Waals surface area contributed by atoms with E-state index in [1.165, 1.54) is 94.4 Å². The van der Waals surface area contributed by atoms with Gasteiger partial charge in [-0.05, 0) is 120 Å². The van der Waals surface area contributed by atoms with E-state index in [-0.39, 0.29) is 6.85 Å². The first-order chi connectivity index (χ1) is 30.3. The highest BCUT2D eigenvalue weighted by molar-refractivity contribution is 6.94. The highest BCUT2D eigenvalue weighted by atomic mass is 15.2. The fourth-order valence-electron chi connectivity index (χ4n) is 9.78. The minimum atomic E-state index is -0.120. The summed E-state index contributed by atoms with van der Waals surface area (Å²) in [6, 6.07) is 86.9.